The van der Waals surface area contributed by atoms with E-state index in [9.17, 15) is 4.79 Å². The van der Waals surface area contributed by atoms with Gasteiger partial charge in [0.1, 0.15) is 18.3 Å². The van der Waals surface area contributed by atoms with Crippen LogP contribution in [-0.2, 0) is 6.54 Å². The molecule has 10 nitrogen and oxygen atoms in total. The number of pyridine rings is 1. The van der Waals surface area contributed by atoms with Crippen molar-refractivity contribution in [1.29, 1.82) is 0 Å². The molecule has 156 valence electrons. The highest BCUT2D eigenvalue weighted by Gasteiger charge is 2.22. The molecule has 0 fully saturated rings. The fourth-order valence-corrected chi connectivity index (χ4v) is 3.22. The number of fused-ring (bicyclic) bond motifs is 1. The third kappa shape index (κ3) is 3.72. The Balaban J connectivity index is 1.57. The number of oxazole rings is 1. The lowest BCUT2D eigenvalue weighted by molar-refractivity contribution is 0.0946. The van der Waals surface area contributed by atoms with Gasteiger partial charge in [-0.05, 0) is 18.2 Å². The third-order valence-corrected chi connectivity index (χ3v) is 4.72. The van der Waals surface area contributed by atoms with Crippen LogP contribution < -0.4 is 11.1 Å². The lowest BCUT2D eigenvalue weighted by Gasteiger charge is -2.12. The first-order valence-corrected chi connectivity index (χ1v) is 9.63. The second kappa shape index (κ2) is 8.19. The van der Waals surface area contributed by atoms with E-state index in [0.717, 1.165) is 22.0 Å². The minimum atomic E-state index is -0.471. The molecule has 0 unspecified atom stereocenters. The molecular formula is C22H16N8O2. The quantitative estimate of drug-likeness (QED) is 0.435. The highest BCUT2D eigenvalue weighted by atomic mass is 16.3. The zero-order chi connectivity index (χ0) is 21.9. The summed E-state index contributed by atoms with van der Waals surface area (Å²) in [6, 6.07) is 9.43. The van der Waals surface area contributed by atoms with Gasteiger partial charge in [-0.25, -0.2) is 24.9 Å². The van der Waals surface area contributed by atoms with Gasteiger partial charge in [-0.3, -0.25) is 9.78 Å². The molecule has 0 radical (unpaired) electrons. The number of carbonyl (C=O) groups excluding carboxylic acids is 1. The lowest BCUT2D eigenvalue weighted by atomic mass is 10.1. The van der Waals surface area contributed by atoms with Gasteiger partial charge in [0, 0.05) is 41.6 Å². The summed E-state index contributed by atoms with van der Waals surface area (Å²) in [7, 11) is 0. The summed E-state index contributed by atoms with van der Waals surface area (Å²) in [5, 5.41) is 3.68. The van der Waals surface area contributed by atoms with Crippen LogP contribution in [0.25, 0.3) is 33.7 Å². The van der Waals surface area contributed by atoms with E-state index in [-0.39, 0.29) is 23.9 Å². The zero-order valence-electron chi connectivity index (χ0n) is 16.6. The maximum atomic E-state index is 12.8. The van der Waals surface area contributed by atoms with Crippen molar-refractivity contribution in [2.45, 2.75) is 6.54 Å². The Labute approximate surface area is 181 Å². The van der Waals surface area contributed by atoms with E-state index >= 15 is 0 Å². The van der Waals surface area contributed by atoms with E-state index in [0.29, 0.717) is 11.4 Å². The lowest BCUT2D eigenvalue weighted by Crippen LogP contribution is -2.26. The highest BCUT2D eigenvalue weighted by molar-refractivity contribution is 5.98. The number of amides is 1. The molecule has 4 heterocycles. The van der Waals surface area contributed by atoms with E-state index in [1.54, 1.807) is 18.6 Å². The molecule has 0 saturated carbocycles. The molecule has 5 aromatic rings. The average Bonchev–Trinajstić information content (AvgIpc) is 3.38. The number of carbonyl (C=O) groups is 1. The Morgan fingerprint density at radius 2 is 1.91 bits per heavy atom. The molecule has 0 aliphatic carbocycles. The van der Waals surface area contributed by atoms with Crippen LogP contribution in [0.15, 0.2) is 72.1 Å². The number of anilines is 1. The predicted octanol–water partition coefficient (Wildman–Crippen LogP) is 2.65. The molecule has 0 aliphatic heterocycles. The number of benzene rings is 1. The van der Waals surface area contributed by atoms with E-state index < -0.39 is 5.91 Å². The molecule has 0 bridgehead atoms. The zero-order valence-corrected chi connectivity index (χ0v) is 16.6. The standard InChI is InChI=1S/C22H16N8O2/c23-20-19(21(31)28-11-13-9-24-12-25-10-13)29-17(18(30-20)22-27-6-7-32-22)15-3-4-16-14(8-15)2-1-5-26-16/h1-10,12H,11H2,(H2,23,30)(H,28,31). The SMILES string of the molecule is Nc1nc(-c2ncco2)c(-c2ccc3ncccc3c2)nc1C(=O)NCc1cncnc1. The van der Waals surface area contributed by atoms with E-state index in [1.165, 1.54) is 18.8 Å². The first-order chi connectivity index (χ1) is 15.7. The number of nitrogen functional groups attached to an aromatic ring is 1. The maximum Gasteiger partial charge on any atom is 0.274 e. The van der Waals surface area contributed by atoms with Crippen LogP contribution in [0.4, 0.5) is 5.82 Å². The molecule has 32 heavy (non-hydrogen) atoms. The van der Waals surface area contributed by atoms with Crippen LogP contribution in [0.5, 0.6) is 0 Å². The second-order valence-electron chi connectivity index (χ2n) is 6.83. The van der Waals surface area contributed by atoms with Gasteiger partial charge in [-0.2, -0.15) is 0 Å². The summed E-state index contributed by atoms with van der Waals surface area (Å²) in [5.74, 6) is -0.258. The summed E-state index contributed by atoms with van der Waals surface area (Å²) in [5.41, 5.74) is 9.14. The summed E-state index contributed by atoms with van der Waals surface area (Å²) < 4.78 is 5.43. The van der Waals surface area contributed by atoms with Crippen molar-refractivity contribution in [3.05, 3.63) is 79.0 Å². The van der Waals surface area contributed by atoms with Gasteiger partial charge in [0.05, 0.1) is 11.7 Å². The fraction of sp³-hybridized carbons (Fsp3) is 0.0455. The van der Waals surface area contributed by atoms with Gasteiger partial charge in [-0.15, -0.1) is 0 Å². The Hall–Kier alpha value is -4.73. The summed E-state index contributed by atoms with van der Waals surface area (Å²) in [6.07, 6.45) is 9.31. The maximum absolute atomic E-state index is 12.8. The van der Waals surface area contributed by atoms with E-state index in [2.05, 4.69) is 35.2 Å². The van der Waals surface area contributed by atoms with Crippen molar-refractivity contribution in [3.8, 4) is 22.8 Å². The molecule has 4 aromatic heterocycles. The number of aromatic nitrogens is 6. The smallest absolute Gasteiger partial charge is 0.274 e. The van der Waals surface area contributed by atoms with Crippen molar-refractivity contribution >= 4 is 22.6 Å². The number of hydrogen-bond donors (Lipinski definition) is 2. The van der Waals surface area contributed by atoms with Crippen molar-refractivity contribution < 1.29 is 9.21 Å². The Kier molecular flexibility index (Phi) is 4.92. The molecular weight excluding hydrogens is 408 g/mol. The van der Waals surface area contributed by atoms with Crippen LogP contribution in [0.3, 0.4) is 0 Å². The molecule has 0 saturated heterocycles. The molecule has 1 aromatic carbocycles. The normalized spacial score (nSPS) is 10.9. The Morgan fingerprint density at radius 3 is 2.72 bits per heavy atom. The van der Waals surface area contributed by atoms with Crippen molar-refractivity contribution in [2.75, 3.05) is 5.73 Å². The van der Waals surface area contributed by atoms with E-state index in [1.807, 2.05) is 30.3 Å². The minimum absolute atomic E-state index is 0.00145. The van der Waals surface area contributed by atoms with Crippen molar-refractivity contribution in [1.82, 2.24) is 35.2 Å². The molecule has 5 rings (SSSR count). The summed E-state index contributed by atoms with van der Waals surface area (Å²) in [6.45, 7) is 0.221. The topological polar surface area (TPSA) is 146 Å². The third-order valence-electron chi connectivity index (χ3n) is 4.72. The van der Waals surface area contributed by atoms with Crippen LogP contribution in [0, 0.1) is 0 Å². The number of nitrogens with two attached hydrogens (primary N) is 1. The number of nitrogens with one attached hydrogen (secondary N) is 1. The Morgan fingerprint density at radius 1 is 1.03 bits per heavy atom. The van der Waals surface area contributed by atoms with Crippen LogP contribution in [-0.4, -0.2) is 35.8 Å². The van der Waals surface area contributed by atoms with Gasteiger partial charge < -0.3 is 15.5 Å². The Bertz CT molecular complexity index is 1400. The molecule has 1 amide bonds. The number of rotatable bonds is 5. The highest BCUT2D eigenvalue weighted by Crippen LogP contribution is 2.31. The first-order valence-electron chi connectivity index (χ1n) is 9.63. The fourth-order valence-electron chi connectivity index (χ4n) is 3.22. The minimum Gasteiger partial charge on any atom is -0.443 e. The van der Waals surface area contributed by atoms with Crippen molar-refractivity contribution in [2.24, 2.45) is 0 Å². The first kappa shape index (κ1) is 19.2. The van der Waals surface area contributed by atoms with Crippen LogP contribution in [0.2, 0.25) is 0 Å². The van der Waals surface area contributed by atoms with Crippen LogP contribution >= 0.6 is 0 Å². The van der Waals surface area contributed by atoms with Gasteiger partial charge >= 0.3 is 0 Å². The predicted molar refractivity (Wildman–Crippen MR) is 116 cm³/mol. The molecule has 3 N–H and O–H groups in total. The molecule has 0 atom stereocenters. The second-order valence-corrected chi connectivity index (χ2v) is 6.83. The number of hydrogen-bond acceptors (Lipinski definition) is 9. The monoisotopic (exact) mass is 424 g/mol. The molecule has 0 aliphatic rings. The largest absolute Gasteiger partial charge is 0.443 e. The van der Waals surface area contributed by atoms with Gasteiger partial charge in [0.2, 0.25) is 5.89 Å². The summed E-state index contributed by atoms with van der Waals surface area (Å²) >= 11 is 0. The van der Waals surface area contributed by atoms with Gasteiger partial charge in [0.25, 0.3) is 5.91 Å². The van der Waals surface area contributed by atoms with Crippen LogP contribution in [0.1, 0.15) is 16.1 Å². The molecule has 10 heteroatoms. The number of nitrogens with zero attached hydrogens (tertiary/aromatic N) is 6. The average molecular weight is 424 g/mol. The van der Waals surface area contributed by atoms with Gasteiger partial charge in [-0.1, -0.05) is 12.1 Å². The van der Waals surface area contributed by atoms with Crippen molar-refractivity contribution in [3.63, 3.8) is 0 Å². The van der Waals surface area contributed by atoms with E-state index in [4.69, 9.17) is 10.2 Å². The molecule has 0 spiro atoms. The summed E-state index contributed by atoms with van der Waals surface area (Å²) in [4.78, 5) is 38.2. The van der Waals surface area contributed by atoms with Gasteiger partial charge in [0.15, 0.2) is 17.2 Å².